The van der Waals surface area contributed by atoms with E-state index in [1.165, 1.54) is 30.3 Å². The van der Waals surface area contributed by atoms with Gasteiger partial charge < -0.3 is 0 Å². The van der Waals surface area contributed by atoms with Crippen molar-refractivity contribution in [1.82, 2.24) is 0 Å². The number of nitrogens with two attached hydrogens (primary N) is 1. The van der Waals surface area contributed by atoms with Crippen LogP contribution in [0.4, 0.5) is 0 Å². The van der Waals surface area contributed by atoms with Gasteiger partial charge in [0.15, 0.2) is 9.84 Å². The number of benzene rings is 1. The molecule has 0 aromatic heterocycles. The van der Waals surface area contributed by atoms with Crippen LogP contribution in [-0.4, -0.2) is 27.8 Å². The van der Waals surface area contributed by atoms with Gasteiger partial charge in [0.25, 0.3) is 0 Å². The minimum atomic E-state index is -3.85. The minimum absolute atomic E-state index is 0.102. The number of halogens is 1. The molecule has 0 amide bonds. The van der Waals surface area contributed by atoms with Crippen molar-refractivity contribution >= 4 is 43.2 Å². The third kappa shape index (κ3) is 3.14. The third-order valence-corrected chi connectivity index (χ3v) is 7.72. The van der Waals surface area contributed by atoms with Crippen LogP contribution in [-0.2, 0) is 19.9 Å². The summed E-state index contributed by atoms with van der Waals surface area (Å²) < 4.78 is 46.8. The summed E-state index contributed by atoms with van der Waals surface area (Å²) in [5, 5.41) is 4.51. The van der Waals surface area contributed by atoms with Crippen LogP contribution >= 0.6 is 23.4 Å². The van der Waals surface area contributed by atoms with Gasteiger partial charge in [-0.2, -0.15) is 0 Å². The van der Waals surface area contributed by atoms with Gasteiger partial charge in [0, 0.05) is 10.8 Å². The summed E-state index contributed by atoms with van der Waals surface area (Å²) in [7, 11) is -7.47. The van der Waals surface area contributed by atoms with Crippen LogP contribution in [0.1, 0.15) is 0 Å². The number of thioether (sulfide) groups is 1. The van der Waals surface area contributed by atoms with Gasteiger partial charge in [-0.25, -0.2) is 22.0 Å². The van der Waals surface area contributed by atoms with Crippen molar-refractivity contribution in [3.63, 3.8) is 0 Å². The molecule has 104 valence electrons. The van der Waals surface area contributed by atoms with Crippen LogP contribution in [0.2, 0.25) is 5.02 Å². The molecule has 0 fully saturated rings. The van der Waals surface area contributed by atoms with Crippen LogP contribution in [0.5, 0.6) is 0 Å². The monoisotopic (exact) mass is 339 g/mol. The molecule has 1 heterocycles. The summed E-state index contributed by atoms with van der Waals surface area (Å²) in [4.78, 5) is 0.106. The third-order valence-electron chi connectivity index (χ3n) is 2.53. The highest BCUT2D eigenvalue weighted by atomic mass is 35.5. The first kappa shape index (κ1) is 14.9. The Bertz CT molecular complexity index is 723. The lowest BCUT2D eigenvalue weighted by atomic mass is 10.4. The molecule has 2 N–H and O–H groups in total. The maximum atomic E-state index is 12.3. The van der Waals surface area contributed by atoms with E-state index in [9.17, 15) is 16.8 Å². The zero-order valence-electron chi connectivity index (χ0n) is 9.48. The standard InChI is InChI=1S/C10H10ClNO4S3/c11-7-1-3-8(4-2-7)18(13,14)9-5-10(17-6-9)19(12,15)16/h1-5,9H,6H2,(H2,12,15,16). The molecule has 0 aliphatic carbocycles. The van der Waals surface area contributed by atoms with Gasteiger partial charge in [-0.1, -0.05) is 11.6 Å². The van der Waals surface area contributed by atoms with Crippen molar-refractivity contribution in [2.75, 3.05) is 5.75 Å². The van der Waals surface area contributed by atoms with E-state index in [0.29, 0.717) is 5.02 Å². The van der Waals surface area contributed by atoms with Crippen LogP contribution in [0, 0.1) is 0 Å². The zero-order valence-corrected chi connectivity index (χ0v) is 12.7. The largest absolute Gasteiger partial charge is 0.243 e. The molecule has 0 bridgehead atoms. The van der Waals surface area contributed by atoms with Crippen LogP contribution in [0.25, 0.3) is 0 Å². The second kappa shape index (κ2) is 5.10. The predicted molar refractivity (Wildman–Crippen MR) is 76.1 cm³/mol. The highest BCUT2D eigenvalue weighted by Crippen LogP contribution is 2.34. The normalized spacial score (nSPS) is 20.3. The molecule has 0 radical (unpaired) electrons. The summed E-state index contributed by atoms with van der Waals surface area (Å²) >= 11 is 6.62. The number of sulfonamides is 1. The van der Waals surface area contributed by atoms with Crippen LogP contribution in [0.15, 0.2) is 39.5 Å². The molecule has 1 aromatic carbocycles. The number of primary sulfonamides is 1. The molecule has 1 unspecified atom stereocenters. The Morgan fingerprint density at radius 3 is 2.21 bits per heavy atom. The molecule has 1 atom stereocenters. The average Bonchev–Trinajstić information content (AvgIpc) is 2.79. The van der Waals surface area contributed by atoms with Crippen molar-refractivity contribution in [2.45, 2.75) is 10.1 Å². The Labute approximate surface area is 120 Å². The first-order valence-corrected chi connectivity index (χ1v) is 9.54. The summed E-state index contributed by atoms with van der Waals surface area (Å²) in [5.41, 5.74) is 0. The maximum Gasteiger partial charge on any atom is 0.243 e. The Morgan fingerprint density at radius 1 is 1.16 bits per heavy atom. The molecule has 1 aliphatic rings. The Balaban J connectivity index is 2.38. The highest BCUT2D eigenvalue weighted by Gasteiger charge is 2.33. The summed E-state index contributed by atoms with van der Waals surface area (Å²) in [6, 6.07) is 5.73. The summed E-state index contributed by atoms with van der Waals surface area (Å²) in [6.07, 6.45) is 1.18. The van der Waals surface area contributed by atoms with Gasteiger partial charge in [0.1, 0.15) is 4.24 Å². The summed E-state index contributed by atoms with van der Waals surface area (Å²) in [5.74, 6) is 0.136. The Kier molecular flexibility index (Phi) is 3.99. The van der Waals surface area contributed by atoms with Crippen molar-refractivity contribution in [3.8, 4) is 0 Å². The van der Waals surface area contributed by atoms with Gasteiger partial charge in [-0.05, 0) is 30.3 Å². The smallest absolute Gasteiger partial charge is 0.224 e. The second-order valence-corrected chi connectivity index (χ2v) is 9.33. The lowest BCUT2D eigenvalue weighted by molar-refractivity contribution is 0.592. The Morgan fingerprint density at radius 2 is 1.74 bits per heavy atom. The molecule has 19 heavy (non-hydrogen) atoms. The van der Waals surface area contributed by atoms with E-state index in [1.807, 2.05) is 0 Å². The molecular weight excluding hydrogens is 330 g/mol. The number of rotatable bonds is 3. The van der Waals surface area contributed by atoms with Crippen LogP contribution < -0.4 is 5.14 Å². The topological polar surface area (TPSA) is 94.3 Å². The van der Waals surface area contributed by atoms with E-state index in [4.69, 9.17) is 16.7 Å². The van der Waals surface area contributed by atoms with Crippen molar-refractivity contribution in [1.29, 1.82) is 0 Å². The van der Waals surface area contributed by atoms with Crippen molar-refractivity contribution in [2.24, 2.45) is 5.14 Å². The van der Waals surface area contributed by atoms with Crippen molar-refractivity contribution in [3.05, 3.63) is 39.6 Å². The van der Waals surface area contributed by atoms with E-state index < -0.39 is 25.1 Å². The molecular formula is C10H10ClNO4S3. The SMILES string of the molecule is NS(=O)(=O)C1=CC(S(=O)(=O)c2ccc(Cl)cc2)CS1. The van der Waals surface area contributed by atoms with Gasteiger partial charge in [-0.15, -0.1) is 11.8 Å². The van der Waals surface area contributed by atoms with Gasteiger partial charge in [-0.3, -0.25) is 0 Å². The first-order chi connectivity index (χ1) is 8.71. The maximum absolute atomic E-state index is 12.3. The van der Waals surface area contributed by atoms with Crippen LogP contribution in [0.3, 0.4) is 0 Å². The summed E-state index contributed by atoms with van der Waals surface area (Å²) in [6.45, 7) is 0. The average molecular weight is 340 g/mol. The van der Waals surface area contributed by atoms with E-state index >= 15 is 0 Å². The molecule has 2 rings (SSSR count). The lowest BCUT2D eigenvalue weighted by Crippen LogP contribution is -2.19. The number of sulfone groups is 1. The second-order valence-electron chi connectivity index (χ2n) is 3.88. The number of hydrogen-bond donors (Lipinski definition) is 1. The molecule has 5 nitrogen and oxygen atoms in total. The minimum Gasteiger partial charge on any atom is -0.224 e. The van der Waals surface area contributed by atoms with E-state index in [1.54, 1.807) is 0 Å². The molecule has 1 aromatic rings. The predicted octanol–water partition coefficient (Wildman–Crippen LogP) is 1.36. The van der Waals surface area contributed by atoms with E-state index in [-0.39, 0.29) is 14.9 Å². The molecule has 0 saturated carbocycles. The fraction of sp³-hybridized carbons (Fsp3) is 0.200. The highest BCUT2D eigenvalue weighted by molar-refractivity contribution is 8.18. The quantitative estimate of drug-likeness (QED) is 0.897. The fourth-order valence-electron chi connectivity index (χ4n) is 1.57. The molecule has 1 aliphatic heterocycles. The van der Waals surface area contributed by atoms with Gasteiger partial charge in [0.05, 0.1) is 10.1 Å². The zero-order chi connectivity index (χ0) is 14.3. The van der Waals surface area contributed by atoms with Gasteiger partial charge >= 0.3 is 0 Å². The fourth-order valence-corrected chi connectivity index (χ4v) is 5.87. The first-order valence-electron chi connectivity index (χ1n) is 5.08. The van der Waals surface area contributed by atoms with Crippen molar-refractivity contribution < 1.29 is 16.8 Å². The molecule has 0 spiro atoms. The molecule has 0 saturated heterocycles. The van der Waals surface area contributed by atoms with E-state index in [0.717, 1.165) is 11.8 Å². The van der Waals surface area contributed by atoms with E-state index in [2.05, 4.69) is 0 Å². The lowest BCUT2D eigenvalue weighted by Gasteiger charge is -2.08. The molecule has 9 heteroatoms. The van der Waals surface area contributed by atoms with Gasteiger partial charge in [0.2, 0.25) is 10.0 Å². The number of hydrogen-bond acceptors (Lipinski definition) is 5. The Hall–Kier alpha value is -0.540.